The third-order valence-electron chi connectivity index (χ3n) is 6.85. The van der Waals surface area contributed by atoms with E-state index in [9.17, 15) is 5.11 Å². The van der Waals surface area contributed by atoms with Gasteiger partial charge in [0.25, 0.3) is 0 Å². The van der Waals surface area contributed by atoms with Crippen molar-refractivity contribution in [1.29, 1.82) is 0 Å². The van der Waals surface area contributed by atoms with Crippen molar-refractivity contribution in [3.8, 4) is 34.3 Å². The van der Waals surface area contributed by atoms with Crippen molar-refractivity contribution in [2.45, 2.75) is 6.92 Å². The Morgan fingerprint density at radius 1 is 0.795 bits per heavy atom. The first-order chi connectivity index (χ1) is 18.7. The Bertz CT molecular complexity index is 1970. The van der Waals surface area contributed by atoms with Crippen molar-refractivity contribution in [3.63, 3.8) is 0 Å². The van der Waals surface area contributed by atoms with Crippen LogP contribution in [0.3, 0.4) is 0 Å². The molecule has 0 saturated heterocycles. The van der Waals surface area contributed by atoms with Gasteiger partial charge in [0.15, 0.2) is 0 Å². The summed E-state index contributed by atoms with van der Waals surface area (Å²) in [6.07, 6.45) is 1.79. The second kappa shape index (κ2) is 10.0. The molecule has 0 fully saturated rings. The van der Waals surface area contributed by atoms with Crippen molar-refractivity contribution in [2.75, 3.05) is 0 Å². The van der Waals surface area contributed by atoms with E-state index in [2.05, 4.69) is 39.9 Å². The van der Waals surface area contributed by atoms with Gasteiger partial charge in [0.05, 0.1) is 0 Å². The molecular weight excluding hydrogens is 665 g/mol. The first-order valence-electron chi connectivity index (χ1n) is 12.4. The molecule has 5 nitrogen and oxygen atoms in total. The molecule has 0 radical (unpaired) electrons. The number of nitrogens with zero attached hydrogens (tertiary/aromatic N) is 3. The number of hydrogen-bond acceptors (Lipinski definition) is 4. The molecular formula is C33H22N3O2Pt-. The second-order valence-corrected chi connectivity index (χ2v) is 9.23. The minimum Gasteiger partial charge on any atom is -0.505 e. The van der Waals surface area contributed by atoms with E-state index in [4.69, 9.17) is 9.72 Å². The van der Waals surface area contributed by atoms with Crippen LogP contribution in [0.25, 0.3) is 49.7 Å². The van der Waals surface area contributed by atoms with Crippen LogP contribution >= 0.6 is 0 Å². The van der Waals surface area contributed by atoms with Crippen molar-refractivity contribution in [2.24, 2.45) is 0 Å². The number of phenolic OH excluding ortho intramolecular Hbond substituents is 1. The van der Waals surface area contributed by atoms with Gasteiger partial charge in [0.1, 0.15) is 17.1 Å². The third-order valence-corrected chi connectivity index (χ3v) is 6.85. The van der Waals surface area contributed by atoms with E-state index >= 15 is 0 Å². The van der Waals surface area contributed by atoms with E-state index < -0.39 is 0 Å². The Labute approximate surface area is 239 Å². The number of hydrogen-bond donors (Lipinski definition) is 1. The molecule has 39 heavy (non-hydrogen) atoms. The third kappa shape index (κ3) is 4.25. The molecule has 0 aliphatic rings. The number of aromatic nitrogens is 3. The molecule has 3 heterocycles. The van der Waals surface area contributed by atoms with Gasteiger partial charge in [-0.2, -0.15) is 6.07 Å². The van der Waals surface area contributed by atoms with Gasteiger partial charge in [0.2, 0.25) is 5.88 Å². The van der Waals surface area contributed by atoms with Gasteiger partial charge in [-0.25, -0.2) is 9.97 Å². The summed E-state index contributed by atoms with van der Waals surface area (Å²) in [5, 5.41) is 13.9. The Morgan fingerprint density at radius 2 is 1.56 bits per heavy atom. The minimum absolute atomic E-state index is 0. The SMILES string of the molecule is Cc1cc(-c2ccccc2)c2ccc(Oc3[c-]c4c(cc3)c3ccccc3n4-c3ccccn3)nc2c1O.[Pt]. The fourth-order valence-corrected chi connectivity index (χ4v) is 5.07. The second-order valence-electron chi connectivity index (χ2n) is 9.23. The van der Waals surface area contributed by atoms with Crippen LogP contribution in [0.4, 0.5) is 0 Å². The first kappa shape index (κ1) is 24.8. The number of ether oxygens (including phenoxy) is 1. The maximum Gasteiger partial charge on any atom is 0.217 e. The molecule has 0 aliphatic carbocycles. The molecule has 0 saturated carbocycles. The van der Waals surface area contributed by atoms with E-state index in [0.717, 1.165) is 49.7 Å². The molecule has 6 heteroatoms. The summed E-state index contributed by atoms with van der Waals surface area (Å²) in [5.41, 5.74) is 5.26. The smallest absolute Gasteiger partial charge is 0.217 e. The van der Waals surface area contributed by atoms with Gasteiger partial charge < -0.3 is 14.4 Å². The Hall–Kier alpha value is -4.47. The molecule has 7 aromatic rings. The van der Waals surface area contributed by atoms with Gasteiger partial charge in [-0.15, -0.1) is 17.5 Å². The molecule has 192 valence electrons. The van der Waals surface area contributed by atoms with Gasteiger partial charge in [-0.05, 0) is 59.3 Å². The van der Waals surface area contributed by atoms with Gasteiger partial charge in [0, 0.05) is 50.0 Å². The molecule has 1 N–H and O–H groups in total. The van der Waals surface area contributed by atoms with Gasteiger partial charge >= 0.3 is 0 Å². The van der Waals surface area contributed by atoms with E-state index in [1.54, 1.807) is 6.20 Å². The molecule has 0 spiro atoms. The average Bonchev–Trinajstić information content (AvgIpc) is 3.29. The summed E-state index contributed by atoms with van der Waals surface area (Å²) in [6, 6.07) is 37.4. The normalized spacial score (nSPS) is 11.1. The molecule has 7 rings (SSSR count). The number of phenols is 1. The zero-order chi connectivity index (χ0) is 25.6. The number of benzene rings is 4. The standard InChI is InChI=1S/C33H22N3O2.Pt/c1-21-19-27(22-9-3-2-4-10-22)26-16-17-31(35-32(26)33(21)37)38-23-14-15-25-24-11-5-6-12-28(24)36(29(25)20-23)30-13-7-8-18-34-30;/h2-19,37H,1H3;/q-1;. The Kier molecular flexibility index (Phi) is 6.38. The van der Waals surface area contributed by atoms with Crippen LogP contribution < -0.4 is 4.74 Å². The average molecular weight is 688 g/mol. The van der Waals surface area contributed by atoms with Crippen LogP contribution in [0.5, 0.6) is 17.4 Å². The Balaban J connectivity index is 0.00000277. The molecule has 0 atom stereocenters. The summed E-state index contributed by atoms with van der Waals surface area (Å²) in [7, 11) is 0. The van der Waals surface area contributed by atoms with E-state index in [0.29, 0.717) is 17.1 Å². The first-order valence-corrected chi connectivity index (χ1v) is 12.4. The van der Waals surface area contributed by atoms with E-state index in [1.807, 2.05) is 85.8 Å². The van der Waals surface area contributed by atoms with E-state index in [-0.39, 0.29) is 26.8 Å². The van der Waals surface area contributed by atoms with Crippen LogP contribution in [0.2, 0.25) is 0 Å². The van der Waals surface area contributed by atoms with Crippen molar-refractivity contribution >= 4 is 32.7 Å². The molecule has 0 aliphatic heterocycles. The predicted octanol–water partition coefficient (Wildman–Crippen LogP) is 8.00. The largest absolute Gasteiger partial charge is 0.505 e. The number of para-hydroxylation sites is 1. The van der Waals surface area contributed by atoms with Crippen LogP contribution in [-0.4, -0.2) is 19.6 Å². The molecule has 0 amide bonds. The summed E-state index contributed by atoms with van der Waals surface area (Å²) >= 11 is 0. The predicted molar refractivity (Wildman–Crippen MR) is 151 cm³/mol. The maximum absolute atomic E-state index is 10.9. The fourth-order valence-electron chi connectivity index (χ4n) is 5.07. The number of rotatable bonds is 4. The quantitative estimate of drug-likeness (QED) is 0.191. The summed E-state index contributed by atoms with van der Waals surface area (Å²) in [5.74, 6) is 1.87. The monoisotopic (exact) mass is 687 g/mol. The van der Waals surface area contributed by atoms with Crippen LogP contribution in [0, 0.1) is 13.0 Å². The minimum atomic E-state index is 0. The fraction of sp³-hybridized carbons (Fsp3) is 0.0303. The maximum atomic E-state index is 10.9. The number of aryl methyl sites for hydroxylation is 1. The van der Waals surface area contributed by atoms with Crippen molar-refractivity contribution < 1.29 is 30.9 Å². The van der Waals surface area contributed by atoms with E-state index in [1.165, 1.54) is 0 Å². The van der Waals surface area contributed by atoms with Crippen LogP contribution in [0.1, 0.15) is 5.56 Å². The summed E-state index contributed by atoms with van der Waals surface area (Å²) in [4.78, 5) is 9.29. The Morgan fingerprint density at radius 3 is 2.38 bits per heavy atom. The van der Waals surface area contributed by atoms with Gasteiger partial charge in [-0.3, -0.25) is 0 Å². The van der Waals surface area contributed by atoms with Crippen molar-refractivity contribution in [1.82, 2.24) is 14.5 Å². The molecule has 3 aromatic heterocycles. The summed E-state index contributed by atoms with van der Waals surface area (Å²) < 4.78 is 8.30. The van der Waals surface area contributed by atoms with Gasteiger partial charge in [-0.1, -0.05) is 60.1 Å². The zero-order valence-corrected chi connectivity index (χ0v) is 23.2. The van der Waals surface area contributed by atoms with Crippen LogP contribution in [0.15, 0.2) is 109 Å². The topological polar surface area (TPSA) is 60.2 Å². The molecule has 0 bridgehead atoms. The van der Waals surface area contributed by atoms with Crippen LogP contribution in [-0.2, 0) is 21.1 Å². The molecule has 0 unspecified atom stereocenters. The number of fused-ring (bicyclic) bond motifs is 4. The number of pyridine rings is 2. The number of aromatic hydroxyl groups is 1. The molecule has 4 aromatic carbocycles. The zero-order valence-electron chi connectivity index (χ0n) is 20.9. The van der Waals surface area contributed by atoms with Crippen molar-refractivity contribution in [3.05, 3.63) is 121 Å². The summed E-state index contributed by atoms with van der Waals surface area (Å²) in [6.45, 7) is 1.88.